The lowest BCUT2D eigenvalue weighted by Crippen LogP contribution is -2.49. The van der Waals surface area contributed by atoms with Crippen molar-refractivity contribution < 1.29 is 14.3 Å². The number of carbonyl (C=O) groups excluding carboxylic acids is 2. The van der Waals surface area contributed by atoms with Crippen molar-refractivity contribution in [2.75, 3.05) is 6.61 Å². The van der Waals surface area contributed by atoms with E-state index in [-0.39, 0.29) is 24.6 Å². The molecule has 0 radical (unpaired) electrons. The Morgan fingerprint density at radius 1 is 1.37 bits per heavy atom. The minimum Gasteiger partial charge on any atom is -0.451 e. The van der Waals surface area contributed by atoms with Crippen molar-refractivity contribution in [2.24, 2.45) is 0 Å². The van der Waals surface area contributed by atoms with Crippen LogP contribution in [0.4, 0.5) is 0 Å². The van der Waals surface area contributed by atoms with Crippen LogP contribution in [0.1, 0.15) is 42.8 Å². The fraction of sp³-hybridized carbons (Fsp3) is 0.571. The Hall–Kier alpha value is -1.36. The standard InChI is InChI=1S/C14H19NO3S/c1-10-5-3-6-11(2)15(10)13(16)9-18-14(17)12-7-4-8-19-12/h4,7-8,10-11H,3,5-6,9H2,1-2H3/t10-,11+. The van der Waals surface area contributed by atoms with Crippen molar-refractivity contribution in [3.63, 3.8) is 0 Å². The van der Waals surface area contributed by atoms with Gasteiger partial charge in [0.1, 0.15) is 4.88 Å². The van der Waals surface area contributed by atoms with E-state index in [1.807, 2.05) is 10.3 Å². The molecule has 19 heavy (non-hydrogen) atoms. The fourth-order valence-corrected chi connectivity index (χ4v) is 3.20. The van der Waals surface area contributed by atoms with Crippen LogP contribution in [0.2, 0.25) is 0 Å². The molecule has 2 rings (SSSR count). The second-order valence-corrected chi connectivity index (χ2v) is 5.93. The second kappa shape index (κ2) is 6.19. The Balaban J connectivity index is 1.88. The molecule has 0 aliphatic carbocycles. The molecule has 1 amide bonds. The minimum absolute atomic E-state index is 0.0930. The molecule has 0 bridgehead atoms. The van der Waals surface area contributed by atoms with Gasteiger partial charge in [-0.05, 0) is 44.6 Å². The number of piperidine rings is 1. The van der Waals surface area contributed by atoms with E-state index in [0.717, 1.165) is 19.3 Å². The van der Waals surface area contributed by atoms with Crippen LogP contribution in [0.15, 0.2) is 17.5 Å². The number of nitrogens with zero attached hydrogens (tertiary/aromatic N) is 1. The summed E-state index contributed by atoms with van der Waals surface area (Å²) in [6.07, 6.45) is 3.20. The normalized spacial score (nSPS) is 23.2. The molecule has 0 N–H and O–H groups in total. The number of hydrogen-bond donors (Lipinski definition) is 0. The van der Waals surface area contributed by atoms with Crippen molar-refractivity contribution >= 4 is 23.2 Å². The summed E-state index contributed by atoms with van der Waals surface area (Å²) in [6, 6.07) is 3.95. The molecule has 1 fully saturated rings. The number of carbonyl (C=O) groups is 2. The highest BCUT2D eigenvalue weighted by molar-refractivity contribution is 7.11. The van der Waals surface area contributed by atoms with E-state index in [1.54, 1.807) is 12.1 Å². The first kappa shape index (κ1) is 14.1. The van der Waals surface area contributed by atoms with E-state index in [1.165, 1.54) is 11.3 Å². The lowest BCUT2D eigenvalue weighted by Gasteiger charge is -2.38. The molecular formula is C14H19NO3S. The minimum atomic E-state index is -0.416. The summed E-state index contributed by atoms with van der Waals surface area (Å²) in [5.74, 6) is -0.509. The van der Waals surface area contributed by atoms with E-state index < -0.39 is 5.97 Å². The Morgan fingerprint density at radius 3 is 2.63 bits per heavy atom. The van der Waals surface area contributed by atoms with Crippen LogP contribution >= 0.6 is 11.3 Å². The van der Waals surface area contributed by atoms with Crippen molar-refractivity contribution in [3.05, 3.63) is 22.4 Å². The van der Waals surface area contributed by atoms with E-state index in [0.29, 0.717) is 4.88 Å². The van der Waals surface area contributed by atoms with E-state index in [9.17, 15) is 9.59 Å². The van der Waals surface area contributed by atoms with Crippen LogP contribution in [0.25, 0.3) is 0 Å². The predicted octanol–water partition coefficient (Wildman–Crippen LogP) is 2.69. The molecule has 2 atom stereocenters. The van der Waals surface area contributed by atoms with Crippen molar-refractivity contribution in [1.29, 1.82) is 0 Å². The first-order valence-corrected chi connectivity index (χ1v) is 7.49. The SMILES string of the molecule is C[C@@H]1CCC[C@H](C)N1C(=O)COC(=O)c1cccs1. The van der Waals surface area contributed by atoms with Crippen LogP contribution in [0.5, 0.6) is 0 Å². The van der Waals surface area contributed by atoms with Crippen molar-refractivity contribution in [3.8, 4) is 0 Å². The molecule has 104 valence electrons. The third-order valence-corrected chi connectivity index (χ3v) is 4.38. The molecule has 1 saturated heterocycles. The summed E-state index contributed by atoms with van der Waals surface area (Å²) in [5.41, 5.74) is 0. The van der Waals surface area contributed by atoms with Gasteiger partial charge in [-0.25, -0.2) is 4.79 Å². The smallest absolute Gasteiger partial charge is 0.348 e. The zero-order valence-corrected chi connectivity index (χ0v) is 12.1. The quantitative estimate of drug-likeness (QED) is 0.800. The molecule has 4 nitrogen and oxygen atoms in total. The number of rotatable bonds is 3. The van der Waals surface area contributed by atoms with Gasteiger partial charge in [0, 0.05) is 12.1 Å². The highest BCUT2D eigenvalue weighted by Gasteiger charge is 2.29. The Bertz CT molecular complexity index is 434. The van der Waals surface area contributed by atoms with E-state index in [4.69, 9.17) is 4.74 Å². The number of likely N-dealkylation sites (tertiary alicyclic amines) is 1. The molecule has 0 aromatic carbocycles. The summed E-state index contributed by atoms with van der Waals surface area (Å²) in [4.78, 5) is 26.2. The topological polar surface area (TPSA) is 46.6 Å². The van der Waals surface area contributed by atoms with Gasteiger partial charge in [-0.1, -0.05) is 6.07 Å². The fourth-order valence-electron chi connectivity index (χ4n) is 2.58. The molecule has 2 heterocycles. The van der Waals surface area contributed by atoms with Crippen LogP contribution < -0.4 is 0 Å². The largest absolute Gasteiger partial charge is 0.451 e. The lowest BCUT2D eigenvalue weighted by molar-refractivity contribution is -0.140. The number of ether oxygens (including phenoxy) is 1. The Morgan fingerprint density at radius 2 is 2.05 bits per heavy atom. The molecule has 1 aliphatic heterocycles. The van der Waals surface area contributed by atoms with Gasteiger partial charge < -0.3 is 9.64 Å². The Labute approximate surface area is 117 Å². The molecular weight excluding hydrogens is 262 g/mol. The average molecular weight is 281 g/mol. The van der Waals surface area contributed by atoms with Gasteiger partial charge in [0.25, 0.3) is 5.91 Å². The summed E-state index contributed by atoms with van der Waals surface area (Å²) in [6.45, 7) is 3.94. The molecule has 1 aliphatic rings. The number of thiophene rings is 1. The summed E-state index contributed by atoms with van der Waals surface area (Å²) >= 11 is 1.32. The van der Waals surface area contributed by atoms with Gasteiger partial charge in [0.2, 0.25) is 0 Å². The number of esters is 1. The zero-order chi connectivity index (χ0) is 13.8. The summed E-state index contributed by atoms with van der Waals surface area (Å²) in [7, 11) is 0. The van der Waals surface area contributed by atoms with Gasteiger partial charge in [0.05, 0.1) is 0 Å². The highest BCUT2D eigenvalue weighted by atomic mass is 32.1. The summed E-state index contributed by atoms with van der Waals surface area (Å²) < 4.78 is 5.08. The third-order valence-electron chi connectivity index (χ3n) is 3.53. The van der Waals surface area contributed by atoms with Crippen LogP contribution in [-0.2, 0) is 9.53 Å². The van der Waals surface area contributed by atoms with Crippen LogP contribution in [-0.4, -0.2) is 35.5 Å². The first-order chi connectivity index (χ1) is 9.09. The van der Waals surface area contributed by atoms with Gasteiger partial charge in [0.15, 0.2) is 6.61 Å². The summed E-state index contributed by atoms with van der Waals surface area (Å²) in [5, 5.41) is 1.81. The second-order valence-electron chi connectivity index (χ2n) is 4.98. The molecule has 0 saturated carbocycles. The molecule has 1 aromatic rings. The maximum absolute atomic E-state index is 12.1. The predicted molar refractivity (Wildman–Crippen MR) is 74.2 cm³/mol. The third kappa shape index (κ3) is 3.35. The van der Waals surface area contributed by atoms with Gasteiger partial charge >= 0.3 is 5.97 Å². The average Bonchev–Trinajstić information content (AvgIpc) is 2.89. The van der Waals surface area contributed by atoms with Crippen LogP contribution in [0, 0.1) is 0 Å². The van der Waals surface area contributed by atoms with Crippen LogP contribution in [0.3, 0.4) is 0 Å². The highest BCUT2D eigenvalue weighted by Crippen LogP contribution is 2.22. The lowest BCUT2D eigenvalue weighted by atomic mass is 9.97. The number of hydrogen-bond acceptors (Lipinski definition) is 4. The molecule has 1 aromatic heterocycles. The van der Waals surface area contributed by atoms with Gasteiger partial charge in [-0.3, -0.25) is 4.79 Å². The molecule has 0 unspecified atom stereocenters. The number of amides is 1. The molecule has 0 spiro atoms. The Kier molecular flexibility index (Phi) is 4.58. The maximum atomic E-state index is 12.1. The van der Waals surface area contributed by atoms with Gasteiger partial charge in [-0.2, -0.15) is 0 Å². The first-order valence-electron chi connectivity index (χ1n) is 6.61. The van der Waals surface area contributed by atoms with Crippen molar-refractivity contribution in [2.45, 2.75) is 45.2 Å². The van der Waals surface area contributed by atoms with E-state index in [2.05, 4.69) is 13.8 Å². The van der Waals surface area contributed by atoms with Gasteiger partial charge in [-0.15, -0.1) is 11.3 Å². The van der Waals surface area contributed by atoms with E-state index >= 15 is 0 Å². The monoisotopic (exact) mass is 281 g/mol. The zero-order valence-electron chi connectivity index (χ0n) is 11.3. The maximum Gasteiger partial charge on any atom is 0.348 e. The van der Waals surface area contributed by atoms with Crippen molar-refractivity contribution in [1.82, 2.24) is 4.90 Å². The molecule has 5 heteroatoms.